The van der Waals surface area contributed by atoms with Crippen molar-refractivity contribution in [2.24, 2.45) is 0 Å². The summed E-state index contributed by atoms with van der Waals surface area (Å²) in [6.45, 7) is 8.05. The SMILES string of the molecule is CC(C)N1CCN(C(=O)Cc2ccc(I)nc2)CC1. The number of halogens is 1. The Kier molecular flexibility index (Phi) is 5.15. The van der Waals surface area contributed by atoms with Crippen LogP contribution in [0.5, 0.6) is 0 Å². The second kappa shape index (κ2) is 6.65. The molecule has 2 rings (SSSR count). The molecule has 0 N–H and O–H groups in total. The van der Waals surface area contributed by atoms with Crippen LogP contribution in [0.1, 0.15) is 19.4 Å². The number of hydrogen-bond acceptors (Lipinski definition) is 3. The van der Waals surface area contributed by atoms with Crippen LogP contribution in [0.3, 0.4) is 0 Å². The van der Waals surface area contributed by atoms with Crippen molar-refractivity contribution in [1.82, 2.24) is 14.8 Å². The summed E-state index contributed by atoms with van der Waals surface area (Å²) in [6.07, 6.45) is 2.26. The van der Waals surface area contributed by atoms with Crippen molar-refractivity contribution < 1.29 is 4.79 Å². The standard InChI is InChI=1S/C14H20IN3O/c1-11(2)17-5-7-18(8-6-17)14(19)9-12-3-4-13(15)16-10-12/h3-4,10-11H,5-9H2,1-2H3. The Bertz CT molecular complexity index is 425. The van der Waals surface area contributed by atoms with Gasteiger partial charge in [0, 0.05) is 38.4 Å². The minimum atomic E-state index is 0.214. The zero-order valence-corrected chi connectivity index (χ0v) is 13.6. The first-order chi connectivity index (χ1) is 9.06. The van der Waals surface area contributed by atoms with Gasteiger partial charge >= 0.3 is 0 Å². The number of piperazine rings is 1. The van der Waals surface area contributed by atoms with E-state index in [-0.39, 0.29) is 5.91 Å². The molecule has 1 fully saturated rings. The van der Waals surface area contributed by atoms with Crippen LogP contribution >= 0.6 is 22.6 Å². The fraction of sp³-hybridized carbons (Fsp3) is 0.571. The zero-order chi connectivity index (χ0) is 13.8. The molecule has 1 saturated heterocycles. The van der Waals surface area contributed by atoms with Crippen LogP contribution in [0.15, 0.2) is 18.3 Å². The van der Waals surface area contributed by atoms with Crippen LogP contribution < -0.4 is 0 Å². The summed E-state index contributed by atoms with van der Waals surface area (Å²) >= 11 is 2.17. The van der Waals surface area contributed by atoms with Gasteiger partial charge in [0.1, 0.15) is 3.70 Å². The minimum absolute atomic E-state index is 0.214. The molecule has 1 aromatic heterocycles. The summed E-state index contributed by atoms with van der Waals surface area (Å²) < 4.78 is 0.958. The van der Waals surface area contributed by atoms with Gasteiger partial charge in [-0.1, -0.05) is 6.07 Å². The molecule has 0 unspecified atom stereocenters. The Morgan fingerprint density at radius 3 is 2.53 bits per heavy atom. The lowest BCUT2D eigenvalue weighted by Crippen LogP contribution is -2.51. The van der Waals surface area contributed by atoms with E-state index in [1.165, 1.54) is 0 Å². The first kappa shape index (κ1) is 14.7. The molecule has 0 spiro atoms. The molecule has 0 aromatic carbocycles. The van der Waals surface area contributed by atoms with Gasteiger partial charge in [-0.25, -0.2) is 0 Å². The number of amides is 1. The maximum atomic E-state index is 12.2. The van der Waals surface area contributed by atoms with Gasteiger partial charge < -0.3 is 4.90 Å². The number of carbonyl (C=O) groups is 1. The van der Waals surface area contributed by atoms with Crippen LogP contribution in [-0.2, 0) is 11.2 Å². The summed E-state index contributed by atoms with van der Waals surface area (Å²) in [5.74, 6) is 0.214. The van der Waals surface area contributed by atoms with E-state index in [1.807, 2.05) is 17.0 Å². The van der Waals surface area contributed by atoms with Gasteiger partial charge in [-0.15, -0.1) is 0 Å². The smallest absolute Gasteiger partial charge is 0.227 e. The zero-order valence-electron chi connectivity index (χ0n) is 11.5. The van der Waals surface area contributed by atoms with E-state index < -0.39 is 0 Å². The Morgan fingerprint density at radius 2 is 2.00 bits per heavy atom. The van der Waals surface area contributed by atoms with E-state index in [4.69, 9.17) is 0 Å². The van der Waals surface area contributed by atoms with Crippen LogP contribution in [0.4, 0.5) is 0 Å². The van der Waals surface area contributed by atoms with E-state index in [2.05, 4.69) is 46.3 Å². The van der Waals surface area contributed by atoms with Crippen LogP contribution in [0.2, 0.25) is 0 Å². The number of pyridine rings is 1. The molecule has 104 valence electrons. The van der Waals surface area contributed by atoms with E-state index >= 15 is 0 Å². The second-order valence-corrected chi connectivity index (χ2v) is 6.28. The first-order valence-electron chi connectivity index (χ1n) is 6.68. The average Bonchev–Trinajstić information content (AvgIpc) is 2.41. The molecule has 0 bridgehead atoms. The monoisotopic (exact) mass is 373 g/mol. The predicted molar refractivity (Wildman–Crippen MR) is 83.9 cm³/mol. The number of aromatic nitrogens is 1. The highest BCUT2D eigenvalue weighted by Crippen LogP contribution is 2.09. The molecule has 0 aliphatic carbocycles. The summed E-state index contributed by atoms with van der Waals surface area (Å²) in [6, 6.07) is 4.49. The predicted octanol–water partition coefficient (Wildman–Crippen LogP) is 1.78. The lowest BCUT2D eigenvalue weighted by atomic mass is 10.1. The molecule has 0 radical (unpaired) electrons. The summed E-state index contributed by atoms with van der Waals surface area (Å²) in [5.41, 5.74) is 0.997. The Labute approximate surface area is 128 Å². The molecule has 19 heavy (non-hydrogen) atoms. The van der Waals surface area contributed by atoms with Crippen LogP contribution in [0.25, 0.3) is 0 Å². The molecule has 1 aromatic rings. The third kappa shape index (κ3) is 4.14. The van der Waals surface area contributed by atoms with Crippen molar-refractivity contribution in [3.63, 3.8) is 0 Å². The Morgan fingerprint density at radius 1 is 1.32 bits per heavy atom. The third-order valence-corrected chi connectivity index (χ3v) is 4.18. The number of nitrogens with zero attached hydrogens (tertiary/aromatic N) is 3. The molecule has 4 nitrogen and oxygen atoms in total. The summed E-state index contributed by atoms with van der Waals surface area (Å²) in [7, 11) is 0. The topological polar surface area (TPSA) is 36.4 Å². The molecule has 1 aliphatic heterocycles. The van der Waals surface area contributed by atoms with Crippen LogP contribution in [0, 0.1) is 3.70 Å². The quantitative estimate of drug-likeness (QED) is 0.599. The van der Waals surface area contributed by atoms with Gasteiger partial charge in [0.15, 0.2) is 0 Å². The van der Waals surface area contributed by atoms with Gasteiger partial charge in [0.05, 0.1) is 6.42 Å². The highest BCUT2D eigenvalue weighted by molar-refractivity contribution is 14.1. The Balaban J connectivity index is 1.86. The number of carbonyl (C=O) groups excluding carboxylic acids is 1. The second-order valence-electron chi connectivity index (χ2n) is 5.18. The van der Waals surface area contributed by atoms with Crippen molar-refractivity contribution in [2.75, 3.05) is 26.2 Å². The van der Waals surface area contributed by atoms with Gasteiger partial charge in [0.25, 0.3) is 0 Å². The fourth-order valence-electron chi connectivity index (χ4n) is 2.29. The van der Waals surface area contributed by atoms with Gasteiger partial charge in [-0.2, -0.15) is 0 Å². The third-order valence-electron chi connectivity index (χ3n) is 3.54. The molecule has 1 amide bonds. The molecule has 5 heteroatoms. The molecule has 1 aliphatic rings. The molecular weight excluding hydrogens is 353 g/mol. The lowest BCUT2D eigenvalue weighted by molar-refractivity contribution is -0.132. The van der Waals surface area contributed by atoms with Gasteiger partial charge in [-0.05, 0) is 48.1 Å². The summed E-state index contributed by atoms with van der Waals surface area (Å²) in [5, 5.41) is 0. The van der Waals surface area contributed by atoms with E-state index in [0.29, 0.717) is 12.5 Å². The average molecular weight is 373 g/mol. The van der Waals surface area contributed by atoms with Gasteiger partial charge in [-0.3, -0.25) is 14.7 Å². The van der Waals surface area contributed by atoms with Crippen molar-refractivity contribution in [3.8, 4) is 0 Å². The minimum Gasteiger partial charge on any atom is -0.340 e. The van der Waals surface area contributed by atoms with Gasteiger partial charge in [0.2, 0.25) is 5.91 Å². The van der Waals surface area contributed by atoms with Crippen molar-refractivity contribution >= 4 is 28.5 Å². The molecule has 2 heterocycles. The molecular formula is C14H20IN3O. The van der Waals surface area contributed by atoms with Crippen LogP contribution in [-0.4, -0.2) is 52.9 Å². The normalized spacial score (nSPS) is 16.9. The largest absolute Gasteiger partial charge is 0.340 e. The van der Waals surface area contributed by atoms with Crippen molar-refractivity contribution in [2.45, 2.75) is 26.3 Å². The van der Waals surface area contributed by atoms with E-state index in [1.54, 1.807) is 6.20 Å². The van der Waals surface area contributed by atoms with Crippen molar-refractivity contribution in [3.05, 3.63) is 27.6 Å². The van der Waals surface area contributed by atoms with E-state index in [9.17, 15) is 4.79 Å². The van der Waals surface area contributed by atoms with E-state index in [0.717, 1.165) is 35.4 Å². The lowest BCUT2D eigenvalue weighted by Gasteiger charge is -2.37. The summed E-state index contributed by atoms with van der Waals surface area (Å²) in [4.78, 5) is 20.8. The highest BCUT2D eigenvalue weighted by Gasteiger charge is 2.22. The Hall–Kier alpha value is -0.690. The highest BCUT2D eigenvalue weighted by atomic mass is 127. The number of rotatable bonds is 3. The molecule has 0 atom stereocenters. The number of hydrogen-bond donors (Lipinski definition) is 0. The fourth-order valence-corrected chi connectivity index (χ4v) is 2.60. The maximum Gasteiger partial charge on any atom is 0.227 e. The molecule has 0 saturated carbocycles. The first-order valence-corrected chi connectivity index (χ1v) is 7.76. The maximum absolute atomic E-state index is 12.2. The van der Waals surface area contributed by atoms with Crippen molar-refractivity contribution in [1.29, 1.82) is 0 Å².